The van der Waals surface area contributed by atoms with Crippen molar-refractivity contribution in [3.8, 4) is 0 Å². The number of aliphatic hydroxyl groups is 2. The number of hydrogen-bond donors (Lipinski definition) is 8. The van der Waals surface area contributed by atoms with Crippen molar-refractivity contribution in [3.05, 3.63) is 215 Å². The largest absolute Gasteiger partial charge is 3.00 e. The van der Waals surface area contributed by atoms with Crippen molar-refractivity contribution in [2.75, 3.05) is 14.2 Å². The van der Waals surface area contributed by atoms with Crippen molar-refractivity contribution in [3.63, 3.8) is 0 Å². The average molecular weight is 902 g/mol. The smallest absolute Gasteiger partial charge is 1.00 e. The van der Waals surface area contributed by atoms with Gasteiger partial charge in [0, 0.05) is 50.5 Å². The van der Waals surface area contributed by atoms with Crippen molar-refractivity contribution in [1.82, 2.24) is 0 Å². The summed E-state index contributed by atoms with van der Waals surface area (Å²) < 4.78 is 0. The van der Waals surface area contributed by atoms with Crippen LogP contribution in [0.25, 0.3) is 0 Å². The van der Waals surface area contributed by atoms with Gasteiger partial charge in [-0.2, -0.15) is 0 Å². The SMILES string of the molecule is CO.CO.N[C@@H](c1ccccc1)[C@@H](N)c1ccccc1.N[C@@H](c1ccccc1)[C@@H](N)c1ccccc1.N[C@@H](c1ccccc1)[C@@H](N)c1ccccc1.O.O.[Cl-].[Cl-].[Cl-].[Co+3]. The molecule has 0 heterocycles. The van der Waals surface area contributed by atoms with Gasteiger partial charge in [0.1, 0.15) is 0 Å². The Hall–Kier alpha value is -3.70. The van der Waals surface area contributed by atoms with E-state index in [-0.39, 0.29) is 101 Å². The van der Waals surface area contributed by atoms with E-state index >= 15 is 0 Å². The van der Waals surface area contributed by atoms with E-state index in [2.05, 4.69) is 0 Å². The van der Waals surface area contributed by atoms with E-state index in [0.29, 0.717) is 0 Å². The fourth-order valence-electron chi connectivity index (χ4n) is 5.30. The zero-order valence-corrected chi connectivity index (χ0v) is 35.9. The van der Waals surface area contributed by atoms with Crippen LogP contribution in [0.1, 0.15) is 69.6 Å². The van der Waals surface area contributed by atoms with Gasteiger partial charge in [0.25, 0.3) is 0 Å². The molecule has 0 saturated heterocycles. The molecule has 0 unspecified atom stereocenters. The first kappa shape index (κ1) is 63.5. The molecule has 6 rings (SSSR count). The second-order valence-corrected chi connectivity index (χ2v) is 11.6. The molecule has 6 aromatic carbocycles. The van der Waals surface area contributed by atoms with Gasteiger partial charge >= 0.3 is 16.8 Å². The standard InChI is InChI=1S/3C14H16N2.2CH4O.3ClH.Co.2H2O/c3*15-13(11-7-3-1-4-8-11)14(16)12-9-5-2-6-10-12;2*1-2;;;;;;/h3*1-10,13-14H,15-16H2;2*2H,1H3;3*1H;;2*1H2/q;;;;;;;;+3;;/p-3/t3*13-,14-;;;;;;;;/m000......../s1. The van der Waals surface area contributed by atoms with E-state index in [1.807, 2.05) is 182 Å². The van der Waals surface area contributed by atoms with E-state index < -0.39 is 0 Å². The summed E-state index contributed by atoms with van der Waals surface area (Å²) in [6.45, 7) is 0. The van der Waals surface area contributed by atoms with E-state index in [4.69, 9.17) is 44.6 Å². The summed E-state index contributed by atoms with van der Waals surface area (Å²) in [5, 5.41) is 14.0. The third kappa shape index (κ3) is 21.3. The van der Waals surface area contributed by atoms with Crippen LogP contribution >= 0.6 is 0 Å². The van der Waals surface area contributed by atoms with Crippen LogP contribution in [0, 0.1) is 0 Å². The van der Waals surface area contributed by atoms with Crippen molar-refractivity contribution >= 4 is 0 Å². The maximum absolute atomic E-state index is 7.00. The molecule has 320 valence electrons. The van der Waals surface area contributed by atoms with Gasteiger partial charge in [-0.05, 0) is 33.4 Å². The molecule has 10 nitrogen and oxygen atoms in total. The molecule has 0 aromatic heterocycles. The average Bonchev–Trinajstić information content (AvgIpc) is 3.25. The maximum Gasteiger partial charge on any atom is 3.00 e. The van der Waals surface area contributed by atoms with Crippen LogP contribution in [0.15, 0.2) is 182 Å². The Kier molecular flexibility index (Phi) is 41.1. The molecule has 0 amide bonds. The third-order valence-corrected chi connectivity index (χ3v) is 8.27. The first-order valence-corrected chi connectivity index (χ1v) is 17.1. The Bertz CT molecular complexity index is 1400. The Morgan fingerprint density at radius 1 is 0.259 bits per heavy atom. The second kappa shape index (κ2) is 37.6. The number of aliphatic hydroxyl groups excluding tert-OH is 2. The van der Waals surface area contributed by atoms with Gasteiger partial charge in [-0.3, -0.25) is 0 Å². The van der Waals surface area contributed by atoms with Gasteiger partial charge in [-0.15, -0.1) is 0 Å². The topological polar surface area (TPSA) is 260 Å². The van der Waals surface area contributed by atoms with Crippen molar-refractivity contribution in [1.29, 1.82) is 0 Å². The van der Waals surface area contributed by atoms with Gasteiger partial charge in [0.05, 0.1) is 0 Å². The van der Waals surface area contributed by atoms with Crippen LogP contribution in [0.5, 0.6) is 0 Å². The molecule has 0 aliphatic carbocycles. The molecule has 6 aromatic rings. The molecular weight excluding hydrogens is 842 g/mol. The molecule has 0 bridgehead atoms. The molecule has 58 heavy (non-hydrogen) atoms. The van der Waals surface area contributed by atoms with E-state index in [0.717, 1.165) is 47.6 Å². The van der Waals surface area contributed by atoms with Crippen LogP contribution in [-0.4, -0.2) is 35.4 Å². The monoisotopic (exact) mass is 900 g/mol. The molecule has 0 aliphatic rings. The zero-order chi connectivity index (χ0) is 38.1. The summed E-state index contributed by atoms with van der Waals surface area (Å²) in [5.41, 5.74) is 43.3. The molecule has 14 heteroatoms. The third-order valence-electron chi connectivity index (χ3n) is 8.27. The van der Waals surface area contributed by atoms with Crippen LogP contribution in [0.2, 0.25) is 0 Å². The molecule has 6 atom stereocenters. The predicted molar refractivity (Wildman–Crippen MR) is 224 cm³/mol. The zero-order valence-electron chi connectivity index (χ0n) is 32.6. The fourth-order valence-corrected chi connectivity index (χ4v) is 5.30. The minimum Gasteiger partial charge on any atom is -1.00 e. The summed E-state index contributed by atoms with van der Waals surface area (Å²) in [6, 6.07) is 58.7. The van der Waals surface area contributed by atoms with Crippen LogP contribution < -0.4 is 71.6 Å². The van der Waals surface area contributed by atoms with Crippen LogP contribution in [-0.2, 0) is 16.8 Å². The normalized spacial score (nSPS) is 12.1. The first-order valence-electron chi connectivity index (χ1n) is 17.1. The number of hydrogen-bond acceptors (Lipinski definition) is 8. The van der Waals surface area contributed by atoms with Gasteiger partial charge < -0.3 is 92.8 Å². The van der Waals surface area contributed by atoms with Gasteiger partial charge in [0.2, 0.25) is 0 Å². The van der Waals surface area contributed by atoms with Crippen LogP contribution in [0.3, 0.4) is 0 Å². The van der Waals surface area contributed by atoms with Crippen LogP contribution in [0.4, 0.5) is 0 Å². The summed E-state index contributed by atoms with van der Waals surface area (Å²) in [7, 11) is 2.00. The fraction of sp³-hybridized carbons (Fsp3) is 0.182. The first-order chi connectivity index (χ1) is 25.4. The molecular formula is C44H60Cl3CoN6O4. The number of halogens is 3. The Labute approximate surface area is 373 Å². The second-order valence-electron chi connectivity index (χ2n) is 11.6. The molecule has 18 N–H and O–H groups in total. The van der Waals surface area contributed by atoms with Gasteiger partial charge in [-0.25, -0.2) is 0 Å². The minimum atomic E-state index is -0.163. The predicted octanol–water partition coefficient (Wildman–Crippen LogP) is -4.26. The summed E-state index contributed by atoms with van der Waals surface area (Å²) in [4.78, 5) is 0. The summed E-state index contributed by atoms with van der Waals surface area (Å²) in [5.74, 6) is 0. The Morgan fingerprint density at radius 3 is 0.431 bits per heavy atom. The van der Waals surface area contributed by atoms with E-state index in [9.17, 15) is 0 Å². The maximum atomic E-state index is 7.00. The van der Waals surface area contributed by atoms with E-state index in [1.54, 1.807) is 0 Å². The molecule has 0 saturated carbocycles. The number of benzene rings is 6. The van der Waals surface area contributed by atoms with Crippen molar-refractivity contribution in [2.24, 2.45) is 34.4 Å². The van der Waals surface area contributed by atoms with Crippen molar-refractivity contribution < 1.29 is 75.2 Å². The summed E-state index contributed by atoms with van der Waals surface area (Å²) >= 11 is 0. The molecule has 0 spiro atoms. The molecule has 0 fully saturated rings. The van der Waals surface area contributed by atoms with E-state index in [1.165, 1.54) is 0 Å². The Balaban J connectivity index is -0.000000221. The minimum absolute atomic E-state index is 0. The van der Waals surface area contributed by atoms with Gasteiger partial charge in [-0.1, -0.05) is 182 Å². The van der Waals surface area contributed by atoms with Gasteiger partial charge in [0.15, 0.2) is 0 Å². The number of nitrogens with two attached hydrogens (primary N) is 6. The van der Waals surface area contributed by atoms with Crippen molar-refractivity contribution in [2.45, 2.75) is 36.3 Å². The molecule has 0 aliphatic heterocycles. The molecule has 0 radical (unpaired) electrons. The number of rotatable bonds is 9. The Morgan fingerprint density at radius 2 is 0.345 bits per heavy atom. The quantitative estimate of drug-likeness (QED) is 0.0704. The summed E-state index contributed by atoms with van der Waals surface area (Å²) in [6.07, 6.45) is 0.